The minimum Gasteiger partial charge on any atom is -0.421 e. The summed E-state index contributed by atoms with van der Waals surface area (Å²) < 4.78 is 0. The van der Waals surface area contributed by atoms with Crippen molar-refractivity contribution in [1.82, 2.24) is 0 Å². The molecule has 0 aliphatic carbocycles. The molecule has 0 radical (unpaired) electrons. The summed E-state index contributed by atoms with van der Waals surface area (Å²) in [5.41, 5.74) is 1.31. The molecule has 0 bridgehead atoms. The van der Waals surface area contributed by atoms with Crippen LogP contribution in [0.25, 0.3) is 10.8 Å². The number of anilines is 1. The van der Waals surface area contributed by atoms with Gasteiger partial charge in [0.15, 0.2) is 0 Å². The van der Waals surface area contributed by atoms with Gasteiger partial charge in [-0.05, 0) is 18.5 Å². The Bertz CT molecular complexity index is 434. The van der Waals surface area contributed by atoms with Crippen LogP contribution in [0.15, 0.2) is 42.5 Å². The second-order valence-corrected chi connectivity index (χ2v) is 3.51. The van der Waals surface area contributed by atoms with E-state index < -0.39 is 0 Å². The van der Waals surface area contributed by atoms with Crippen molar-refractivity contribution in [2.45, 2.75) is 6.82 Å². The van der Waals surface area contributed by atoms with Gasteiger partial charge in [-0.25, -0.2) is 0 Å². The molecule has 14 heavy (non-hydrogen) atoms. The highest BCUT2D eigenvalue weighted by Gasteiger charge is 2.02. The van der Waals surface area contributed by atoms with Crippen LogP contribution in [0.3, 0.4) is 0 Å². The lowest BCUT2D eigenvalue weighted by Crippen LogP contribution is -2.19. The summed E-state index contributed by atoms with van der Waals surface area (Å²) in [4.78, 5) is 2.27. The van der Waals surface area contributed by atoms with Crippen LogP contribution in [0.2, 0.25) is 6.82 Å². The molecule has 0 saturated heterocycles. The summed E-state index contributed by atoms with van der Waals surface area (Å²) >= 11 is 0. The Balaban J connectivity index is 2.65. The fourth-order valence-electron chi connectivity index (χ4n) is 1.71. The lowest BCUT2D eigenvalue weighted by molar-refractivity contribution is 1.34. The molecule has 0 spiro atoms. The van der Waals surface area contributed by atoms with Crippen molar-refractivity contribution in [3.63, 3.8) is 0 Å². The first-order valence-electron chi connectivity index (χ1n) is 5.02. The van der Waals surface area contributed by atoms with E-state index in [2.05, 4.69) is 61.1 Å². The molecule has 70 valence electrons. The van der Waals surface area contributed by atoms with Crippen molar-refractivity contribution < 1.29 is 0 Å². The van der Waals surface area contributed by atoms with Crippen LogP contribution < -0.4 is 4.81 Å². The second kappa shape index (κ2) is 3.75. The van der Waals surface area contributed by atoms with E-state index in [1.165, 1.54) is 16.5 Å². The van der Waals surface area contributed by atoms with Crippen LogP contribution in [-0.2, 0) is 0 Å². The Morgan fingerprint density at radius 1 is 1.00 bits per heavy atom. The number of hydrogen-bond donors (Lipinski definition) is 0. The lowest BCUT2D eigenvalue weighted by Gasteiger charge is -2.18. The zero-order valence-electron chi connectivity index (χ0n) is 8.70. The largest absolute Gasteiger partial charge is 0.421 e. The summed E-state index contributed by atoms with van der Waals surface area (Å²) in [6, 6.07) is 14.9. The van der Waals surface area contributed by atoms with E-state index in [4.69, 9.17) is 0 Å². The van der Waals surface area contributed by atoms with Crippen molar-refractivity contribution >= 4 is 23.9 Å². The van der Waals surface area contributed by atoms with Gasteiger partial charge in [0.1, 0.15) is 0 Å². The van der Waals surface area contributed by atoms with Crippen LogP contribution in [-0.4, -0.2) is 14.5 Å². The number of fused-ring (bicyclic) bond motifs is 1. The fourth-order valence-corrected chi connectivity index (χ4v) is 1.71. The first kappa shape index (κ1) is 9.13. The van der Waals surface area contributed by atoms with E-state index in [0.29, 0.717) is 0 Å². The van der Waals surface area contributed by atoms with Gasteiger partial charge >= 0.3 is 0 Å². The highest BCUT2D eigenvalue weighted by atomic mass is 15.0. The second-order valence-electron chi connectivity index (χ2n) is 3.51. The average molecular weight is 183 g/mol. The standard InChI is InChI=1S/C12H14BN/c1-13-14(2)12-9-5-7-10-6-3-4-8-11(10)12/h3-9,13H,1-2H3. The Labute approximate surface area is 85.6 Å². The maximum absolute atomic E-state index is 2.27. The maximum Gasteiger partial charge on any atom is 0.232 e. The Kier molecular flexibility index (Phi) is 2.44. The van der Waals surface area contributed by atoms with E-state index in [9.17, 15) is 0 Å². The molecule has 2 rings (SSSR count). The molecule has 0 unspecified atom stereocenters. The van der Waals surface area contributed by atoms with Gasteiger partial charge in [-0.2, -0.15) is 0 Å². The zero-order valence-corrected chi connectivity index (χ0v) is 8.70. The number of hydrogen-bond acceptors (Lipinski definition) is 1. The van der Waals surface area contributed by atoms with Gasteiger partial charge in [0.05, 0.1) is 0 Å². The molecule has 1 nitrogen and oxygen atoms in total. The molecule has 2 aromatic carbocycles. The topological polar surface area (TPSA) is 3.24 Å². The average Bonchev–Trinajstić information content (AvgIpc) is 2.27. The monoisotopic (exact) mass is 183 g/mol. The molecule has 0 aliphatic heterocycles. The van der Waals surface area contributed by atoms with E-state index >= 15 is 0 Å². The highest BCUT2D eigenvalue weighted by molar-refractivity contribution is 6.40. The van der Waals surface area contributed by atoms with Crippen LogP contribution in [0.4, 0.5) is 5.69 Å². The third kappa shape index (κ3) is 1.48. The third-order valence-electron chi connectivity index (χ3n) is 2.65. The highest BCUT2D eigenvalue weighted by Crippen LogP contribution is 2.24. The summed E-state index contributed by atoms with van der Waals surface area (Å²) in [5, 5.41) is 2.64. The minimum atomic E-state index is 1.04. The van der Waals surface area contributed by atoms with Crippen molar-refractivity contribution in [3.05, 3.63) is 42.5 Å². The zero-order chi connectivity index (χ0) is 9.97. The molecule has 0 aromatic heterocycles. The minimum absolute atomic E-state index is 1.04. The van der Waals surface area contributed by atoms with Crippen LogP contribution >= 0.6 is 0 Å². The number of benzene rings is 2. The number of nitrogens with zero attached hydrogens (tertiary/aromatic N) is 1. The van der Waals surface area contributed by atoms with Crippen molar-refractivity contribution in [1.29, 1.82) is 0 Å². The summed E-state index contributed by atoms with van der Waals surface area (Å²) in [6.45, 7) is 2.17. The molecule has 0 saturated carbocycles. The van der Waals surface area contributed by atoms with E-state index in [0.717, 1.165) is 7.41 Å². The predicted octanol–water partition coefficient (Wildman–Crippen LogP) is 2.68. The first-order valence-corrected chi connectivity index (χ1v) is 5.02. The van der Waals surface area contributed by atoms with Gasteiger partial charge in [0.2, 0.25) is 7.41 Å². The van der Waals surface area contributed by atoms with Gasteiger partial charge in [-0.3, -0.25) is 0 Å². The molecule has 0 aliphatic rings. The SMILES string of the molecule is CBN(C)c1cccc2ccccc12. The van der Waals surface area contributed by atoms with Crippen molar-refractivity contribution in [2.75, 3.05) is 11.9 Å². The van der Waals surface area contributed by atoms with Crippen LogP contribution in [0, 0.1) is 0 Å². The third-order valence-corrected chi connectivity index (χ3v) is 2.65. The molecule has 2 heteroatoms. The fraction of sp³-hybridized carbons (Fsp3) is 0.167. The molecule has 0 atom stereocenters. The Morgan fingerprint density at radius 3 is 2.50 bits per heavy atom. The Morgan fingerprint density at radius 2 is 1.71 bits per heavy atom. The molecule has 0 amide bonds. The van der Waals surface area contributed by atoms with Crippen molar-refractivity contribution in [2.24, 2.45) is 0 Å². The van der Waals surface area contributed by atoms with Gasteiger partial charge in [0.25, 0.3) is 0 Å². The van der Waals surface area contributed by atoms with Crippen LogP contribution in [0.5, 0.6) is 0 Å². The number of rotatable bonds is 2. The molecule has 0 heterocycles. The first-order chi connectivity index (χ1) is 6.83. The summed E-state index contributed by atoms with van der Waals surface area (Å²) in [5.74, 6) is 0. The van der Waals surface area contributed by atoms with E-state index in [1.54, 1.807) is 0 Å². The van der Waals surface area contributed by atoms with Gasteiger partial charge < -0.3 is 4.81 Å². The van der Waals surface area contributed by atoms with E-state index in [-0.39, 0.29) is 0 Å². The van der Waals surface area contributed by atoms with Gasteiger partial charge in [-0.1, -0.05) is 43.2 Å². The lowest BCUT2D eigenvalue weighted by atomic mass is 9.94. The van der Waals surface area contributed by atoms with Crippen LogP contribution in [0.1, 0.15) is 0 Å². The van der Waals surface area contributed by atoms with Gasteiger partial charge in [0, 0.05) is 11.1 Å². The molecule has 0 fully saturated rings. The maximum atomic E-state index is 2.27. The predicted molar refractivity (Wildman–Crippen MR) is 65.4 cm³/mol. The molecular formula is C12H14BN. The molecule has 2 aromatic rings. The summed E-state index contributed by atoms with van der Waals surface area (Å²) in [6.07, 6.45) is 0. The molecule has 0 N–H and O–H groups in total. The smallest absolute Gasteiger partial charge is 0.232 e. The van der Waals surface area contributed by atoms with E-state index in [1.807, 2.05) is 0 Å². The van der Waals surface area contributed by atoms with Crippen molar-refractivity contribution in [3.8, 4) is 0 Å². The normalized spacial score (nSPS) is 10.1. The quantitative estimate of drug-likeness (QED) is 0.647. The molecular weight excluding hydrogens is 169 g/mol. The Hall–Kier alpha value is -1.44. The van der Waals surface area contributed by atoms with Gasteiger partial charge in [-0.15, -0.1) is 0 Å². The summed E-state index contributed by atoms with van der Waals surface area (Å²) in [7, 11) is 3.16.